The summed E-state index contributed by atoms with van der Waals surface area (Å²) >= 11 is 0. The van der Waals surface area contributed by atoms with Crippen molar-refractivity contribution >= 4 is 11.8 Å². The van der Waals surface area contributed by atoms with Crippen LogP contribution < -0.4 is 0 Å². The zero-order valence-electron chi connectivity index (χ0n) is 18.7. The Labute approximate surface area is 192 Å². The van der Waals surface area contributed by atoms with Crippen LogP contribution in [0.1, 0.15) is 46.7 Å². The Balaban J connectivity index is 1.49. The van der Waals surface area contributed by atoms with E-state index in [-0.39, 0.29) is 23.5 Å². The molecule has 2 aromatic carbocycles. The molecule has 2 saturated heterocycles. The number of carbonyl (C=O) groups excluding carboxylic acids is 2. The van der Waals surface area contributed by atoms with E-state index in [0.29, 0.717) is 31.6 Å². The molecule has 7 heteroatoms. The van der Waals surface area contributed by atoms with Gasteiger partial charge < -0.3 is 14.4 Å². The molecule has 5 rings (SSSR count). The third-order valence-corrected chi connectivity index (χ3v) is 7.28. The molecular formula is C26H27FN4O2. The van der Waals surface area contributed by atoms with Crippen molar-refractivity contribution in [2.24, 2.45) is 0 Å². The summed E-state index contributed by atoms with van der Waals surface area (Å²) in [5.74, 6) is -0.304. The summed E-state index contributed by atoms with van der Waals surface area (Å²) in [4.78, 5) is 34.3. The minimum Gasteiger partial charge on any atom is -0.338 e. The molecule has 0 radical (unpaired) electrons. The standard InChI is InChI=1S/C26H27FN4O2/c1-29-24(32)7-4-12-26(29)17-31(16-23(26)19-8-10-21(27)11-9-19)25(33)22-6-3-2-5-20(22)15-30-14-13-28-18-30/h2-3,5-6,8-11,13-14,18,23H,4,7,12,15-17H2,1H3/t23-,26+/m0/s1. The van der Waals surface area contributed by atoms with E-state index in [4.69, 9.17) is 0 Å². The molecule has 2 fully saturated rings. The highest BCUT2D eigenvalue weighted by Crippen LogP contribution is 2.46. The second kappa shape index (κ2) is 8.46. The second-order valence-electron chi connectivity index (χ2n) is 9.09. The average molecular weight is 447 g/mol. The van der Waals surface area contributed by atoms with Crippen molar-refractivity contribution in [3.8, 4) is 0 Å². The Kier molecular flexibility index (Phi) is 5.48. The van der Waals surface area contributed by atoms with Crippen LogP contribution >= 0.6 is 0 Å². The van der Waals surface area contributed by atoms with Gasteiger partial charge in [-0.3, -0.25) is 9.59 Å². The molecule has 2 aliphatic heterocycles. The van der Waals surface area contributed by atoms with E-state index in [0.717, 1.165) is 24.0 Å². The highest BCUT2D eigenvalue weighted by molar-refractivity contribution is 5.96. The summed E-state index contributed by atoms with van der Waals surface area (Å²) < 4.78 is 15.6. The average Bonchev–Trinajstić information content (AvgIpc) is 3.47. The van der Waals surface area contributed by atoms with E-state index >= 15 is 0 Å². The number of likely N-dealkylation sites (N-methyl/N-ethyl adjacent to an activating group) is 1. The zero-order chi connectivity index (χ0) is 23.0. The highest BCUT2D eigenvalue weighted by atomic mass is 19.1. The monoisotopic (exact) mass is 446 g/mol. The topological polar surface area (TPSA) is 58.4 Å². The molecule has 170 valence electrons. The fourth-order valence-corrected chi connectivity index (χ4v) is 5.50. The van der Waals surface area contributed by atoms with E-state index in [1.807, 2.05) is 51.9 Å². The van der Waals surface area contributed by atoms with Crippen molar-refractivity contribution in [1.29, 1.82) is 0 Å². The number of halogens is 1. The van der Waals surface area contributed by atoms with Crippen molar-refractivity contribution in [3.63, 3.8) is 0 Å². The number of likely N-dealkylation sites (tertiary alicyclic amines) is 2. The molecule has 0 N–H and O–H groups in total. The molecule has 0 bridgehead atoms. The fraction of sp³-hybridized carbons (Fsp3) is 0.346. The maximum atomic E-state index is 13.8. The lowest BCUT2D eigenvalue weighted by Crippen LogP contribution is -2.57. The third kappa shape index (κ3) is 3.81. The first-order valence-electron chi connectivity index (χ1n) is 11.3. The van der Waals surface area contributed by atoms with Gasteiger partial charge in [0, 0.05) is 57.0 Å². The van der Waals surface area contributed by atoms with Gasteiger partial charge in [-0.1, -0.05) is 30.3 Å². The molecule has 0 unspecified atom stereocenters. The van der Waals surface area contributed by atoms with E-state index in [9.17, 15) is 14.0 Å². The summed E-state index contributed by atoms with van der Waals surface area (Å²) in [6, 6.07) is 14.1. The quantitative estimate of drug-likeness (QED) is 0.614. The number of rotatable bonds is 4. The van der Waals surface area contributed by atoms with Crippen LogP contribution in [0.3, 0.4) is 0 Å². The lowest BCUT2D eigenvalue weighted by molar-refractivity contribution is -0.139. The number of amides is 2. The van der Waals surface area contributed by atoms with Gasteiger partial charge in [0.15, 0.2) is 0 Å². The Hall–Kier alpha value is -3.48. The first-order valence-corrected chi connectivity index (χ1v) is 11.3. The first-order chi connectivity index (χ1) is 16.0. The molecule has 2 aliphatic rings. The summed E-state index contributed by atoms with van der Waals surface area (Å²) in [6.45, 7) is 1.51. The van der Waals surface area contributed by atoms with Crippen LogP contribution in [0.2, 0.25) is 0 Å². The summed E-state index contributed by atoms with van der Waals surface area (Å²) in [7, 11) is 1.85. The van der Waals surface area contributed by atoms with Crippen molar-refractivity contribution in [1.82, 2.24) is 19.4 Å². The SMILES string of the molecule is CN1C(=O)CCC[C@]12CN(C(=O)c1ccccc1Cn1ccnc1)C[C@H]2c1ccc(F)cc1. The number of hydrogen-bond acceptors (Lipinski definition) is 3. The van der Waals surface area contributed by atoms with Gasteiger partial charge in [0.05, 0.1) is 11.9 Å². The van der Waals surface area contributed by atoms with E-state index in [2.05, 4.69) is 4.98 Å². The predicted octanol–water partition coefficient (Wildman–Crippen LogP) is 3.69. The van der Waals surface area contributed by atoms with Crippen LogP contribution in [-0.4, -0.2) is 56.8 Å². The second-order valence-corrected chi connectivity index (χ2v) is 9.09. The summed E-state index contributed by atoms with van der Waals surface area (Å²) in [6.07, 6.45) is 7.46. The van der Waals surface area contributed by atoms with Crippen LogP contribution in [0.4, 0.5) is 4.39 Å². The molecule has 0 saturated carbocycles. The van der Waals surface area contributed by atoms with Crippen molar-refractivity contribution in [2.45, 2.75) is 37.3 Å². The predicted molar refractivity (Wildman–Crippen MR) is 122 cm³/mol. The van der Waals surface area contributed by atoms with Gasteiger partial charge in [-0.2, -0.15) is 0 Å². The Morgan fingerprint density at radius 3 is 2.73 bits per heavy atom. The molecule has 2 amide bonds. The molecule has 1 spiro atoms. The number of nitrogens with zero attached hydrogens (tertiary/aromatic N) is 4. The minimum absolute atomic E-state index is 0.0406. The number of aromatic nitrogens is 2. The Morgan fingerprint density at radius 2 is 1.97 bits per heavy atom. The van der Waals surface area contributed by atoms with Gasteiger partial charge in [-0.05, 0) is 42.2 Å². The van der Waals surface area contributed by atoms with Gasteiger partial charge in [0.25, 0.3) is 5.91 Å². The van der Waals surface area contributed by atoms with Gasteiger partial charge in [0.2, 0.25) is 5.91 Å². The van der Waals surface area contributed by atoms with Crippen LogP contribution in [0, 0.1) is 5.82 Å². The largest absolute Gasteiger partial charge is 0.338 e. The zero-order valence-corrected chi connectivity index (χ0v) is 18.7. The lowest BCUT2D eigenvalue weighted by Gasteiger charge is -2.46. The first kappa shape index (κ1) is 21.4. The minimum atomic E-state index is -0.484. The number of benzene rings is 2. The molecular weight excluding hydrogens is 419 g/mol. The van der Waals surface area contributed by atoms with Crippen LogP contribution in [0.15, 0.2) is 67.3 Å². The normalized spacial score (nSPS) is 22.8. The van der Waals surface area contributed by atoms with Crippen molar-refractivity contribution < 1.29 is 14.0 Å². The molecule has 6 nitrogen and oxygen atoms in total. The number of carbonyl (C=O) groups is 2. The number of hydrogen-bond donors (Lipinski definition) is 0. The number of piperidine rings is 1. The lowest BCUT2D eigenvalue weighted by atomic mass is 9.75. The van der Waals surface area contributed by atoms with Crippen LogP contribution in [0.5, 0.6) is 0 Å². The molecule has 33 heavy (non-hydrogen) atoms. The third-order valence-electron chi connectivity index (χ3n) is 7.28. The van der Waals surface area contributed by atoms with E-state index < -0.39 is 5.54 Å². The van der Waals surface area contributed by atoms with Gasteiger partial charge in [-0.15, -0.1) is 0 Å². The van der Waals surface area contributed by atoms with Crippen molar-refractivity contribution in [3.05, 3.63) is 89.8 Å². The molecule has 3 aromatic rings. The Bertz CT molecular complexity index is 1160. The maximum absolute atomic E-state index is 13.8. The Morgan fingerprint density at radius 1 is 1.18 bits per heavy atom. The summed E-state index contributed by atoms with van der Waals surface area (Å²) in [5.41, 5.74) is 2.06. The van der Waals surface area contributed by atoms with Gasteiger partial charge in [-0.25, -0.2) is 9.37 Å². The van der Waals surface area contributed by atoms with Crippen molar-refractivity contribution in [2.75, 3.05) is 20.1 Å². The molecule has 1 aromatic heterocycles. The van der Waals surface area contributed by atoms with Gasteiger partial charge >= 0.3 is 0 Å². The van der Waals surface area contributed by atoms with Gasteiger partial charge in [0.1, 0.15) is 5.82 Å². The molecule has 2 atom stereocenters. The van der Waals surface area contributed by atoms with Crippen LogP contribution in [-0.2, 0) is 11.3 Å². The van der Waals surface area contributed by atoms with E-state index in [1.54, 1.807) is 24.7 Å². The smallest absolute Gasteiger partial charge is 0.254 e. The highest BCUT2D eigenvalue weighted by Gasteiger charge is 2.53. The molecule has 3 heterocycles. The number of imidazole rings is 1. The van der Waals surface area contributed by atoms with Crippen LogP contribution in [0.25, 0.3) is 0 Å². The maximum Gasteiger partial charge on any atom is 0.254 e. The fourth-order valence-electron chi connectivity index (χ4n) is 5.50. The summed E-state index contributed by atoms with van der Waals surface area (Å²) in [5, 5.41) is 0. The van der Waals surface area contributed by atoms with E-state index in [1.165, 1.54) is 12.1 Å². The molecule has 0 aliphatic carbocycles.